The fraction of sp³-hybridized carbons (Fsp3) is 0.375. The van der Waals surface area contributed by atoms with Gasteiger partial charge in [-0.2, -0.15) is 17.9 Å². The third-order valence-corrected chi connectivity index (χ3v) is 5.26. The molecule has 0 saturated carbocycles. The lowest BCUT2D eigenvalue weighted by molar-refractivity contribution is -0.137. The number of hydrogen-bond donors (Lipinski definition) is 1. The van der Waals surface area contributed by atoms with Crippen molar-refractivity contribution < 1.29 is 13.2 Å². The molecule has 6 nitrogen and oxygen atoms in total. The Bertz CT molecular complexity index is 844. The SMILES string of the molecule is CC[C@@](C)(NCc1nnnn1-c1ccc(C(F)(F)F)cc1)c1nccs1. The van der Waals surface area contributed by atoms with E-state index in [2.05, 4.69) is 25.8 Å². The lowest BCUT2D eigenvalue weighted by Gasteiger charge is -2.27. The molecule has 0 aliphatic heterocycles. The zero-order valence-electron chi connectivity index (χ0n) is 14.2. The number of hydrogen-bond acceptors (Lipinski definition) is 6. The maximum Gasteiger partial charge on any atom is 0.416 e. The predicted molar refractivity (Wildman–Crippen MR) is 90.8 cm³/mol. The van der Waals surface area contributed by atoms with Gasteiger partial charge in [-0.3, -0.25) is 5.32 Å². The summed E-state index contributed by atoms with van der Waals surface area (Å²) in [4.78, 5) is 4.36. The molecule has 1 N–H and O–H groups in total. The molecule has 0 unspecified atom stereocenters. The molecular weight excluding hydrogens is 365 g/mol. The number of alkyl halides is 3. The number of halogens is 3. The first kappa shape index (κ1) is 18.5. The highest BCUT2D eigenvalue weighted by atomic mass is 32.1. The molecule has 3 aromatic rings. The van der Waals surface area contributed by atoms with Crippen LogP contribution >= 0.6 is 11.3 Å². The molecule has 1 aromatic carbocycles. The number of rotatable bonds is 6. The smallest absolute Gasteiger partial charge is 0.298 e. The van der Waals surface area contributed by atoms with E-state index in [4.69, 9.17) is 0 Å². The maximum absolute atomic E-state index is 12.7. The Morgan fingerprint density at radius 1 is 1.19 bits per heavy atom. The zero-order valence-corrected chi connectivity index (χ0v) is 15.0. The fourth-order valence-electron chi connectivity index (χ4n) is 2.43. The Labute approximate surface area is 152 Å². The van der Waals surface area contributed by atoms with Crippen LogP contribution in [0.15, 0.2) is 35.8 Å². The summed E-state index contributed by atoms with van der Waals surface area (Å²) in [6.07, 6.45) is -1.82. The van der Waals surface area contributed by atoms with Crippen LogP contribution in [0.5, 0.6) is 0 Å². The number of tetrazole rings is 1. The van der Waals surface area contributed by atoms with Gasteiger partial charge >= 0.3 is 6.18 Å². The van der Waals surface area contributed by atoms with Crippen molar-refractivity contribution in [3.8, 4) is 5.69 Å². The van der Waals surface area contributed by atoms with Crippen LogP contribution in [-0.4, -0.2) is 25.2 Å². The number of nitrogens with zero attached hydrogens (tertiary/aromatic N) is 5. The quantitative estimate of drug-likeness (QED) is 0.706. The fourth-order valence-corrected chi connectivity index (χ4v) is 3.28. The third-order valence-electron chi connectivity index (χ3n) is 4.22. The van der Waals surface area contributed by atoms with E-state index < -0.39 is 11.7 Å². The topological polar surface area (TPSA) is 68.5 Å². The van der Waals surface area contributed by atoms with Crippen LogP contribution < -0.4 is 5.32 Å². The number of nitrogens with one attached hydrogen (secondary N) is 1. The van der Waals surface area contributed by atoms with Gasteiger partial charge in [0.05, 0.1) is 23.3 Å². The molecule has 0 aliphatic rings. The van der Waals surface area contributed by atoms with Gasteiger partial charge in [-0.05, 0) is 48.0 Å². The summed E-state index contributed by atoms with van der Waals surface area (Å²) in [5, 5.41) is 17.8. The van der Waals surface area contributed by atoms with Crippen LogP contribution in [0.4, 0.5) is 13.2 Å². The van der Waals surface area contributed by atoms with Crippen molar-refractivity contribution in [2.75, 3.05) is 0 Å². The van der Waals surface area contributed by atoms with Gasteiger partial charge in [-0.1, -0.05) is 6.92 Å². The minimum Gasteiger partial charge on any atom is -0.298 e. The van der Waals surface area contributed by atoms with Crippen molar-refractivity contribution >= 4 is 11.3 Å². The van der Waals surface area contributed by atoms with Crippen LogP contribution in [0.25, 0.3) is 5.69 Å². The van der Waals surface area contributed by atoms with E-state index >= 15 is 0 Å². The van der Waals surface area contributed by atoms with Gasteiger partial charge in [0.15, 0.2) is 5.82 Å². The Kier molecular flexibility index (Phi) is 5.05. The molecule has 1 atom stereocenters. The van der Waals surface area contributed by atoms with Crippen molar-refractivity contribution in [2.24, 2.45) is 0 Å². The molecule has 2 heterocycles. The molecule has 0 spiro atoms. The van der Waals surface area contributed by atoms with Gasteiger partial charge < -0.3 is 0 Å². The third kappa shape index (κ3) is 3.75. The van der Waals surface area contributed by atoms with Gasteiger partial charge in [-0.15, -0.1) is 16.4 Å². The minimum absolute atomic E-state index is 0.342. The van der Waals surface area contributed by atoms with E-state index in [9.17, 15) is 13.2 Å². The Balaban J connectivity index is 1.79. The average molecular weight is 382 g/mol. The van der Waals surface area contributed by atoms with E-state index in [1.807, 2.05) is 19.2 Å². The second-order valence-electron chi connectivity index (χ2n) is 5.93. The normalized spacial score (nSPS) is 14.3. The molecule has 0 fully saturated rings. The van der Waals surface area contributed by atoms with Gasteiger partial charge in [0.25, 0.3) is 0 Å². The van der Waals surface area contributed by atoms with Crippen molar-refractivity contribution in [2.45, 2.75) is 38.5 Å². The highest BCUT2D eigenvalue weighted by Crippen LogP contribution is 2.30. The molecule has 0 saturated heterocycles. The first-order valence-electron chi connectivity index (χ1n) is 7.93. The maximum atomic E-state index is 12.7. The van der Waals surface area contributed by atoms with Crippen molar-refractivity contribution in [1.29, 1.82) is 0 Å². The minimum atomic E-state index is -4.37. The predicted octanol–water partition coefficient (Wildman–Crippen LogP) is 3.55. The summed E-state index contributed by atoms with van der Waals surface area (Å²) in [5.74, 6) is 0.501. The van der Waals surface area contributed by atoms with E-state index in [0.717, 1.165) is 23.6 Å². The second-order valence-corrected chi connectivity index (χ2v) is 6.82. The highest BCUT2D eigenvalue weighted by molar-refractivity contribution is 7.09. The molecule has 10 heteroatoms. The van der Waals surface area contributed by atoms with E-state index in [-0.39, 0.29) is 5.54 Å². The van der Waals surface area contributed by atoms with Gasteiger partial charge in [-0.25, -0.2) is 4.98 Å². The molecule has 26 heavy (non-hydrogen) atoms. The van der Waals surface area contributed by atoms with Crippen LogP contribution in [0, 0.1) is 0 Å². The summed E-state index contributed by atoms with van der Waals surface area (Å²) in [6.45, 7) is 4.43. The van der Waals surface area contributed by atoms with Crippen LogP contribution in [0.1, 0.15) is 36.7 Å². The average Bonchev–Trinajstić information content (AvgIpc) is 3.31. The largest absolute Gasteiger partial charge is 0.416 e. The van der Waals surface area contributed by atoms with E-state index in [1.165, 1.54) is 16.8 Å². The Hall–Kier alpha value is -2.33. The summed E-state index contributed by atoms with van der Waals surface area (Å²) in [7, 11) is 0. The Morgan fingerprint density at radius 3 is 2.50 bits per heavy atom. The second kappa shape index (κ2) is 7.12. The first-order valence-corrected chi connectivity index (χ1v) is 8.81. The molecule has 0 aliphatic carbocycles. The molecular formula is C16H17F3N6S. The van der Waals surface area contributed by atoms with E-state index in [1.54, 1.807) is 17.5 Å². The monoisotopic (exact) mass is 382 g/mol. The summed E-state index contributed by atoms with van der Waals surface area (Å²) in [6, 6.07) is 4.73. The standard InChI is InChI=1S/C16H17F3N6S/c1-3-15(2,14-20-8-9-26-14)21-10-13-22-23-24-25(13)12-6-4-11(5-7-12)16(17,18)19/h4-9,21H,3,10H2,1-2H3/t15-/m1/s1. The number of thiazole rings is 1. The van der Waals surface area contributed by atoms with Crippen molar-refractivity contribution in [3.63, 3.8) is 0 Å². The number of benzene rings is 1. The van der Waals surface area contributed by atoms with Crippen LogP contribution in [0.2, 0.25) is 0 Å². The molecule has 0 radical (unpaired) electrons. The molecule has 2 aromatic heterocycles. The van der Waals surface area contributed by atoms with Crippen molar-refractivity contribution in [1.82, 2.24) is 30.5 Å². The van der Waals surface area contributed by atoms with Gasteiger partial charge in [0.1, 0.15) is 5.01 Å². The molecule has 138 valence electrons. The zero-order chi connectivity index (χ0) is 18.8. The summed E-state index contributed by atoms with van der Waals surface area (Å²) >= 11 is 1.56. The summed E-state index contributed by atoms with van der Waals surface area (Å²) in [5.41, 5.74) is -0.589. The summed E-state index contributed by atoms with van der Waals surface area (Å²) < 4.78 is 39.5. The molecule has 3 rings (SSSR count). The molecule has 0 amide bonds. The van der Waals surface area contributed by atoms with Crippen molar-refractivity contribution in [3.05, 3.63) is 52.2 Å². The van der Waals surface area contributed by atoms with E-state index in [0.29, 0.717) is 18.1 Å². The first-order chi connectivity index (χ1) is 12.3. The lowest BCUT2D eigenvalue weighted by Crippen LogP contribution is -2.39. The highest BCUT2D eigenvalue weighted by Gasteiger charge is 2.30. The van der Waals surface area contributed by atoms with Crippen LogP contribution in [-0.2, 0) is 18.3 Å². The Morgan fingerprint density at radius 2 is 1.92 bits per heavy atom. The van der Waals surface area contributed by atoms with Crippen LogP contribution in [0.3, 0.4) is 0 Å². The number of aromatic nitrogens is 5. The van der Waals surface area contributed by atoms with Gasteiger partial charge in [0.2, 0.25) is 0 Å². The lowest BCUT2D eigenvalue weighted by atomic mass is 10.00. The molecule has 0 bridgehead atoms. The van der Waals surface area contributed by atoms with Gasteiger partial charge in [0, 0.05) is 11.6 Å².